The monoisotopic (exact) mass is 399 g/mol. The maximum absolute atomic E-state index is 12.9. The Balaban J connectivity index is 1.63. The first-order valence-electron chi connectivity index (χ1n) is 11.4. The van der Waals surface area contributed by atoms with Gasteiger partial charge in [0.05, 0.1) is 24.4 Å². The first kappa shape index (κ1) is 21.9. The lowest BCUT2D eigenvalue weighted by atomic mass is 9.80. The standard InChI is InChI=1S/C24H37N3O2/c1-4-5-6-9-24(28)27-16-7-8-21(22-14-15-25-26-22)23(27)17-29-20-12-10-19(11-13-20)18(2)3/h1,14-15,18-21,23H,5-13,16-17H2,2-3H3,(H,25,26)/t19-,20+,21-,23+/m1/s1. The number of terminal acetylenes is 1. The number of carbonyl (C=O) groups is 1. The highest BCUT2D eigenvalue weighted by molar-refractivity contribution is 5.76. The number of nitrogens with one attached hydrogen (secondary N) is 1. The van der Waals surface area contributed by atoms with Gasteiger partial charge in [-0.15, -0.1) is 12.3 Å². The van der Waals surface area contributed by atoms with E-state index in [0.717, 1.165) is 56.2 Å². The molecular formula is C24H37N3O2. The zero-order chi connectivity index (χ0) is 20.6. The van der Waals surface area contributed by atoms with Crippen molar-refractivity contribution in [3.8, 4) is 12.3 Å². The summed E-state index contributed by atoms with van der Waals surface area (Å²) in [5.41, 5.74) is 1.04. The van der Waals surface area contributed by atoms with Crippen LogP contribution in [0.15, 0.2) is 12.3 Å². The fourth-order valence-electron chi connectivity index (χ4n) is 5.04. The molecule has 1 saturated heterocycles. The Hall–Kier alpha value is -1.80. The molecule has 0 radical (unpaired) electrons. The van der Waals surface area contributed by atoms with E-state index in [0.29, 0.717) is 25.6 Å². The molecule has 2 fully saturated rings. The minimum atomic E-state index is 0.0632. The highest BCUT2D eigenvalue weighted by Gasteiger charge is 2.37. The van der Waals surface area contributed by atoms with Gasteiger partial charge in [0, 0.05) is 31.5 Å². The van der Waals surface area contributed by atoms with Crippen LogP contribution in [-0.2, 0) is 9.53 Å². The lowest BCUT2D eigenvalue weighted by molar-refractivity contribution is -0.138. The van der Waals surface area contributed by atoms with Crippen LogP contribution < -0.4 is 0 Å². The van der Waals surface area contributed by atoms with Crippen LogP contribution in [-0.4, -0.2) is 46.3 Å². The molecule has 1 N–H and O–H groups in total. The van der Waals surface area contributed by atoms with E-state index in [-0.39, 0.29) is 17.9 Å². The number of piperidine rings is 1. The Morgan fingerprint density at radius 2 is 2.14 bits per heavy atom. The Labute approximate surface area is 176 Å². The normalized spacial score (nSPS) is 27.7. The van der Waals surface area contributed by atoms with Gasteiger partial charge >= 0.3 is 0 Å². The molecule has 1 aliphatic heterocycles. The molecule has 2 aliphatic rings. The number of hydrogen-bond donors (Lipinski definition) is 1. The third-order valence-corrected chi connectivity index (χ3v) is 6.88. The molecule has 1 amide bonds. The molecule has 2 atom stereocenters. The van der Waals surface area contributed by atoms with Gasteiger partial charge in [-0.25, -0.2) is 0 Å². The zero-order valence-corrected chi connectivity index (χ0v) is 18.1. The quantitative estimate of drug-likeness (QED) is 0.516. The summed E-state index contributed by atoms with van der Waals surface area (Å²) in [4.78, 5) is 15.0. The van der Waals surface area contributed by atoms with Crippen LogP contribution in [0.5, 0.6) is 0 Å². The summed E-state index contributed by atoms with van der Waals surface area (Å²) < 4.78 is 6.42. The van der Waals surface area contributed by atoms with Crippen molar-refractivity contribution >= 4 is 5.91 Å². The van der Waals surface area contributed by atoms with E-state index in [1.807, 2.05) is 12.3 Å². The van der Waals surface area contributed by atoms with E-state index in [9.17, 15) is 4.79 Å². The van der Waals surface area contributed by atoms with Crippen LogP contribution in [0.25, 0.3) is 0 Å². The van der Waals surface area contributed by atoms with Crippen molar-refractivity contribution in [2.24, 2.45) is 11.8 Å². The van der Waals surface area contributed by atoms with E-state index >= 15 is 0 Å². The molecule has 0 aromatic carbocycles. The van der Waals surface area contributed by atoms with Crippen LogP contribution in [0.3, 0.4) is 0 Å². The summed E-state index contributed by atoms with van der Waals surface area (Å²) >= 11 is 0. The van der Waals surface area contributed by atoms with Gasteiger partial charge < -0.3 is 9.64 Å². The fraction of sp³-hybridized carbons (Fsp3) is 0.750. The van der Waals surface area contributed by atoms with Crippen molar-refractivity contribution in [1.29, 1.82) is 0 Å². The van der Waals surface area contributed by atoms with Gasteiger partial charge in [-0.1, -0.05) is 13.8 Å². The van der Waals surface area contributed by atoms with Crippen molar-refractivity contribution in [1.82, 2.24) is 15.1 Å². The van der Waals surface area contributed by atoms with Gasteiger partial charge in [-0.05, 0) is 62.8 Å². The lowest BCUT2D eigenvalue weighted by Crippen LogP contribution is -2.50. The average Bonchev–Trinajstić information content (AvgIpc) is 3.27. The van der Waals surface area contributed by atoms with Crippen LogP contribution in [0, 0.1) is 24.2 Å². The van der Waals surface area contributed by atoms with Crippen molar-refractivity contribution in [3.63, 3.8) is 0 Å². The van der Waals surface area contributed by atoms with Crippen molar-refractivity contribution in [2.45, 2.75) is 89.7 Å². The molecule has 5 heteroatoms. The molecule has 0 bridgehead atoms. The second-order valence-corrected chi connectivity index (χ2v) is 9.07. The molecule has 5 nitrogen and oxygen atoms in total. The average molecular weight is 400 g/mol. The Kier molecular flexibility index (Phi) is 8.18. The number of hydrogen-bond acceptors (Lipinski definition) is 3. The SMILES string of the molecule is C#CCCCC(=O)N1CCC[C@H](c2cc[nH]n2)[C@@H]1CO[C@H]1CC[C@@H](C(C)C)CC1. The number of likely N-dealkylation sites (tertiary alicyclic amines) is 1. The van der Waals surface area contributed by atoms with Crippen LogP contribution in [0.1, 0.15) is 83.2 Å². The third-order valence-electron chi connectivity index (χ3n) is 6.88. The van der Waals surface area contributed by atoms with Gasteiger partial charge in [-0.3, -0.25) is 9.89 Å². The molecule has 3 rings (SSSR count). The number of ether oxygens (including phenoxy) is 1. The highest BCUT2D eigenvalue weighted by Crippen LogP contribution is 2.35. The second-order valence-electron chi connectivity index (χ2n) is 9.07. The first-order valence-corrected chi connectivity index (χ1v) is 11.4. The van der Waals surface area contributed by atoms with Crippen LogP contribution in [0.2, 0.25) is 0 Å². The largest absolute Gasteiger partial charge is 0.376 e. The minimum Gasteiger partial charge on any atom is -0.376 e. The number of unbranched alkanes of at least 4 members (excludes halogenated alkanes) is 1. The summed E-state index contributed by atoms with van der Waals surface area (Å²) in [6, 6.07) is 2.10. The Bertz CT molecular complexity index is 656. The van der Waals surface area contributed by atoms with Crippen LogP contribution in [0.4, 0.5) is 0 Å². The predicted molar refractivity (Wildman–Crippen MR) is 115 cm³/mol. The van der Waals surface area contributed by atoms with E-state index < -0.39 is 0 Å². The number of rotatable bonds is 8. The van der Waals surface area contributed by atoms with Gasteiger partial charge in [0.25, 0.3) is 0 Å². The Morgan fingerprint density at radius 3 is 2.79 bits per heavy atom. The lowest BCUT2D eigenvalue weighted by Gasteiger charge is -2.42. The molecule has 1 saturated carbocycles. The predicted octanol–water partition coefficient (Wildman–Crippen LogP) is 4.52. The van der Waals surface area contributed by atoms with E-state index in [4.69, 9.17) is 11.2 Å². The van der Waals surface area contributed by atoms with Gasteiger partial charge in [0.15, 0.2) is 0 Å². The fourth-order valence-corrected chi connectivity index (χ4v) is 5.04. The third kappa shape index (κ3) is 5.85. The second kappa shape index (κ2) is 10.8. The first-order chi connectivity index (χ1) is 14.1. The molecule has 2 heterocycles. The molecule has 1 aromatic rings. The molecule has 0 spiro atoms. The van der Waals surface area contributed by atoms with E-state index in [1.165, 1.54) is 12.8 Å². The number of aromatic nitrogens is 2. The van der Waals surface area contributed by atoms with Crippen molar-refractivity contribution < 1.29 is 9.53 Å². The topological polar surface area (TPSA) is 58.2 Å². The Morgan fingerprint density at radius 1 is 1.34 bits per heavy atom. The number of amides is 1. The molecule has 29 heavy (non-hydrogen) atoms. The van der Waals surface area contributed by atoms with Crippen molar-refractivity contribution in [3.05, 3.63) is 18.0 Å². The number of aromatic amines is 1. The smallest absolute Gasteiger partial charge is 0.222 e. The molecular weight excluding hydrogens is 362 g/mol. The molecule has 1 aromatic heterocycles. The highest BCUT2D eigenvalue weighted by atomic mass is 16.5. The number of H-pyrrole nitrogens is 1. The maximum atomic E-state index is 12.9. The minimum absolute atomic E-state index is 0.0632. The summed E-state index contributed by atoms with van der Waals surface area (Å²) in [7, 11) is 0. The summed E-state index contributed by atoms with van der Waals surface area (Å²) in [5.74, 6) is 4.67. The number of nitrogens with zero attached hydrogens (tertiary/aromatic N) is 2. The summed E-state index contributed by atoms with van der Waals surface area (Å²) in [5, 5.41) is 7.38. The van der Waals surface area contributed by atoms with E-state index in [1.54, 1.807) is 0 Å². The molecule has 1 aliphatic carbocycles. The zero-order valence-electron chi connectivity index (χ0n) is 18.1. The van der Waals surface area contributed by atoms with Gasteiger partial charge in [0.1, 0.15) is 0 Å². The van der Waals surface area contributed by atoms with E-state index in [2.05, 4.69) is 34.9 Å². The van der Waals surface area contributed by atoms with Crippen LogP contribution >= 0.6 is 0 Å². The summed E-state index contributed by atoms with van der Waals surface area (Å²) in [6.07, 6.45) is 16.3. The summed E-state index contributed by atoms with van der Waals surface area (Å²) in [6.45, 7) is 6.07. The molecule has 0 unspecified atom stereocenters. The van der Waals surface area contributed by atoms with Crippen molar-refractivity contribution in [2.75, 3.05) is 13.2 Å². The molecule has 160 valence electrons. The van der Waals surface area contributed by atoms with Gasteiger partial charge in [0.2, 0.25) is 5.91 Å². The maximum Gasteiger partial charge on any atom is 0.222 e. The van der Waals surface area contributed by atoms with Gasteiger partial charge in [-0.2, -0.15) is 5.10 Å². The number of carbonyl (C=O) groups excluding carboxylic acids is 1.